The average Bonchev–Trinajstić information content (AvgIpc) is 2.45. The Balaban J connectivity index is 1.68. The number of carbonyl (C=O) groups is 1. The number of amides is 1. The van der Waals surface area contributed by atoms with E-state index in [1.807, 2.05) is 42.5 Å². The highest BCUT2D eigenvalue weighted by Gasteiger charge is 2.03. The molecule has 1 N–H and O–H groups in total. The van der Waals surface area contributed by atoms with Crippen molar-refractivity contribution in [3.8, 4) is 0 Å². The van der Waals surface area contributed by atoms with Gasteiger partial charge in [-0.05, 0) is 36.1 Å². The number of halogens is 1. The lowest BCUT2D eigenvalue weighted by Gasteiger charge is -2.06. The fourth-order valence-corrected chi connectivity index (χ4v) is 2.51. The summed E-state index contributed by atoms with van der Waals surface area (Å²) in [6.45, 7) is 0.724. The second kappa shape index (κ2) is 7.85. The van der Waals surface area contributed by atoms with Gasteiger partial charge in [-0.1, -0.05) is 58.4 Å². The van der Waals surface area contributed by atoms with Crippen LogP contribution < -0.4 is 5.32 Å². The van der Waals surface area contributed by atoms with E-state index >= 15 is 0 Å². The van der Waals surface area contributed by atoms with E-state index in [2.05, 4.69) is 33.4 Å². The van der Waals surface area contributed by atoms with Gasteiger partial charge >= 0.3 is 0 Å². The molecule has 0 bridgehead atoms. The predicted molar refractivity (Wildman–Crippen MR) is 85.6 cm³/mol. The van der Waals surface area contributed by atoms with Crippen molar-refractivity contribution >= 4 is 21.8 Å². The van der Waals surface area contributed by atoms with Crippen molar-refractivity contribution in [2.24, 2.45) is 0 Å². The van der Waals surface area contributed by atoms with E-state index in [1.165, 1.54) is 5.56 Å². The van der Waals surface area contributed by atoms with Crippen molar-refractivity contribution in [2.75, 3.05) is 6.54 Å². The monoisotopic (exact) mass is 331 g/mol. The molecular formula is C17H18BrNO. The highest BCUT2D eigenvalue weighted by Crippen LogP contribution is 2.11. The second-order valence-electron chi connectivity index (χ2n) is 4.75. The first-order chi connectivity index (χ1) is 9.74. The molecule has 2 aromatic carbocycles. The maximum absolute atomic E-state index is 11.8. The molecule has 0 atom stereocenters. The summed E-state index contributed by atoms with van der Waals surface area (Å²) in [6, 6.07) is 18.2. The number of benzene rings is 2. The van der Waals surface area contributed by atoms with Gasteiger partial charge in [-0.3, -0.25) is 4.79 Å². The first-order valence-corrected chi connectivity index (χ1v) is 7.58. The lowest BCUT2D eigenvalue weighted by molar-refractivity contribution is -0.120. The molecule has 0 unspecified atom stereocenters. The Kier molecular flexibility index (Phi) is 5.81. The van der Waals surface area contributed by atoms with E-state index < -0.39 is 0 Å². The van der Waals surface area contributed by atoms with Gasteiger partial charge in [-0.15, -0.1) is 0 Å². The minimum atomic E-state index is 0.0798. The molecule has 0 spiro atoms. The molecule has 104 valence electrons. The molecule has 0 aromatic heterocycles. The molecule has 1 amide bonds. The van der Waals surface area contributed by atoms with Crippen LogP contribution in [-0.2, 0) is 17.6 Å². The Morgan fingerprint density at radius 2 is 1.75 bits per heavy atom. The highest BCUT2D eigenvalue weighted by atomic mass is 79.9. The Morgan fingerprint density at radius 3 is 2.50 bits per heavy atom. The molecule has 0 heterocycles. The van der Waals surface area contributed by atoms with Crippen molar-refractivity contribution in [2.45, 2.75) is 19.3 Å². The van der Waals surface area contributed by atoms with E-state index in [-0.39, 0.29) is 5.91 Å². The standard InChI is InChI=1S/C17H18BrNO/c18-16-10-4-8-15(12-16)13-17(20)19-11-5-9-14-6-2-1-3-7-14/h1-4,6-8,10,12H,5,9,11,13H2,(H,19,20). The van der Waals surface area contributed by atoms with Gasteiger partial charge in [0.25, 0.3) is 0 Å². The van der Waals surface area contributed by atoms with Gasteiger partial charge in [0.1, 0.15) is 0 Å². The molecular weight excluding hydrogens is 314 g/mol. The van der Waals surface area contributed by atoms with E-state index in [9.17, 15) is 4.79 Å². The van der Waals surface area contributed by atoms with Crippen molar-refractivity contribution in [3.63, 3.8) is 0 Å². The van der Waals surface area contributed by atoms with Crippen LogP contribution in [0, 0.1) is 0 Å². The zero-order valence-corrected chi connectivity index (χ0v) is 12.9. The number of hydrogen-bond donors (Lipinski definition) is 1. The molecule has 2 rings (SSSR count). The highest BCUT2D eigenvalue weighted by molar-refractivity contribution is 9.10. The first-order valence-electron chi connectivity index (χ1n) is 6.79. The smallest absolute Gasteiger partial charge is 0.224 e. The zero-order valence-electron chi connectivity index (χ0n) is 11.3. The van der Waals surface area contributed by atoms with Crippen LogP contribution in [0.15, 0.2) is 59.1 Å². The van der Waals surface area contributed by atoms with Crippen molar-refractivity contribution in [3.05, 3.63) is 70.2 Å². The lowest BCUT2D eigenvalue weighted by atomic mass is 10.1. The molecule has 2 nitrogen and oxygen atoms in total. The third kappa shape index (κ3) is 5.17. The van der Waals surface area contributed by atoms with Crippen LogP contribution in [0.5, 0.6) is 0 Å². The van der Waals surface area contributed by atoms with E-state index in [0.717, 1.165) is 29.4 Å². The Labute approximate surface area is 128 Å². The normalized spacial score (nSPS) is 10.2. The average molecular weight is 332 g/mol. The number of aryl methyl sites for hydroxylation is 1. The molecule has 3 heteroatoms. The number of hydrogen-bond acceptors (Lipinski definition) is 1. The van der Waals surface area contributed by atoms with Gasteiger partial charge in [-0.25, -0.2) is 0 Å². The maximum atomic E-state index is 11.8. The van der Waals surface area contributed by atoms with Gasteiger partial charge < -0.3 is 5.32 Å². The lowest BCUT2D eigenvalue weighted by Crippen LogP contribution is -2.26. The van der Waals surface area contributed by atoms with Crippen molar-refractivity contribution in [1.29, 1.82) is 0 Å². The summed E-state index contributed by atoms with van der Waals surface area (Å²) in [4.78, 5) is 11.8. The summed E-state index contributed by atoms with van der Waals surface area (Å²) in [5, 5.41) is 2.97. The third-order valence-electron chi connectivity index (χ3n) is 3.06. The fraction of sp³-hybridized carbons (Fsp3) is 0.235. The van der Waals surface area contributed by atoms with E-state index in [1.54, 1.807) is 0 Å². The summed E-state index contributed by atoms with van der Waals surface area (Å²) >= 11 is 3.41. The summed E-state index contributed by atoms with van der Waals surface area (Å²) in [6.07, 6.45) is 2.40. The molecule has 0 saturated carbocycles. The van der Waals surface area contributed by atoms with Crippen molar-refractivity contribution < 1.29 is 4.79 Å². The van der Waals surface area contributed by atoms with E-state index in [4.69, 9.17) is 0 Å². The van der Waals surface area contributed by atoms with Crippen molar-refractivity contribution in [1.82, 2.24) is 5.32 Å². The van der Waals surface area contributed by atoms with Crippen LogP contribution in [0.3, 0.4) is 0 Å². The fourth-order valence-electron chi connectivity index (χ4n) is 2.06. The SMILES string of the molecule is O=C(Cc1cccc(Br)c1)NCCCc1ccccc1. The summed E-state index contributed by atoms with van der Waals surface area (Å²) in [5.74, 6) is 0.0798. The Morgan fingerprint density at radius 1 is 1.00 bits per heavy atom. The first kappa shape index (κ1) is 14.8. The van der Waals surface area contributed by atoms with Crippen LogP contribution in [0.1, 0.15) is 17.5 Å². The minimum absolute atomic E-state index is 0.0798. The Bertz CT molecular complexity index is 554. The molecule has 0 fully saturated rings. The number of nitrogens with one attached hydrogen (secondary N) is 1. The molecule has 2 aromatic rings. The zero-order chi connectivity index (χ0) is 14.2. The van der Waals surface area contributed by atoms with Gasteiger partial charge in [0.15, 0.2) is 0 Å². The third-order valence-corrected chi connectivity index (χ3v) is 3.55. The molecule has 0 saturated heterocycles. The molecule has 0 radical (unpaired) electrons. The summed E-state index contributed by atoms with van der Waals surface area (Å²) in [5.41, 5.74) is 2.34. The van der Waals surface area contributed by atoms with Crippen LogP contribution in [-0.4, -0.2) is 12.5 Å². The number of rotatable bonds is 6. The quantitative estimate of drug-likeness (QED) is 0.802. The topological polar surface area (TPSA) is 29.1 Å². The van der Waals surface area contributed by atoms with Crippen LogP contribution >= 0.6 is 15.9 Å². The molecule has 0 aliphatic carbocycles. The van der Waals surface area contributed by atoms with Crippen LogP contribution in [0.25, 0.3) is 0 Å². The van der Waals surface area contributed by atoms with E-state index in [0.29, 0.717) is 6.42 Å². The van der Waals surface area contributed by atoms with Gasteiger partial charge in [0.2, 0.25) is 5.91 Å². The van der Waals surface area contributed by atoms with Crippen LogP contribution in [0.2, 0.25) is 0 Å². The molecule has 0 aliphatic rings. The molecule has 20 heavy (non-hydrogen) atoms. The minimum Gasteiger partial charge on any atom is -0.356 e. The molecule has 0 aliphatic heterocycles. The van der Waals surface area contributed by atoms with Gasteiger partial charge in [-0.2, -0.15) is 0 Å². The summed E-state index contributed by atoms with van der Waals surface area (Å²) < 4.78 is 1.01. The largest absolute Gasteiger partial charge is 0.356 e. The number of carbonyl (C=O) groups excluding carboxylic acids is 1. The summed E-state index contributed by atoms with van der Waals surface area (Å²) in [7, 11) is 0. The van der Waals surface area contributed by atoms with Gasteiger partial charge in [0, 0.05) is 11.0 Å². The van der Waals surface area contributed by atoms with Gasteiger partial charge in [0.05, 0.1) is 6.42 Å². The van der Waals surface area contributed by atoms with Crippen LogP contribution in [0.4, 0.5) is 0 Å². The second-order valence-corrected chi connectivity index (χ2v) is 5.66. The predicted octanol–water partition coefficient (Wildman–Crippen LogP) is 3.74. The maximum Gasteiger partial charge on any atom is 0.224 e. The Hall–Kier alpha value is -1.61.